The van der Waals surface area contributed by atoms with E-state index in [0.29, 0.717) is 11.3 Å². The Morgan fingerprint density at radius 1 is 0.679 bits per heavy atom. The predicted octanol–water partition coefficient (Wildman–Crippen LogP) is -3.31. The van der Waals surface area contributed by atoms with Crippen LogP contribution in [0.25, 0.3) is 16.8 Å². The molecule has 5 aromatic rings. The van der Waals surface area contributed by atoms with Gasteiger partial charge in [-0.3, -0.25) is 10.2 Å². The molecule has 1 aliphatic carbocycles. The third kappa shape index (κ3) is 11.5. The van der Waals surface area contributed by atoms with Gasteiger partial charge in [-0.25, -0.2) is 25.3 Å². The second-order valence-corrected chi connectivity index (χ2v) is 15.4. The van der Waals surface area contributed by atoms with Gasteiger partial charge < -0.3 is 23.7 Å². The topological polar surface area (TPSA) is 259 Å². The summed E-state index contributed by atoms with van der Waals surface area (Å²) in [5.74, 6) is -0.787. The number of para-hydroxylation sites is 1. The fourth-order valence-electron chi connectivity index (χ4n) is 5.46. The Kier molecular flexibility index (Phi) is 17.7. The van der Waals surface area contributed by atoms with Crippen molar-refractivity contribution in [1.82, 2.24) is 0 Å². The summed E-state index contributed by atoms with van der Waals surface area (Å²) in [5, 5.41) is 14.5. The first-order valence-corrected chi connectivity index (χ1v) is 19.3. The van der Waals surface area contributed by atoms with Gasteiger partial charge in [0.1, 0.15) is 41.8 Å². The summed E-state index contributed by atoms with van der Waals surface area (Å²) >= 11 is 0. The number of ether oxygens (including phenoxy) is 1. The van der Waals surface area contributed by atoms with Gasteiger partial charge >= 0.3 is 154 Å². The number of nitrogens with zero attached hydrogens (tertiary/aromatic N) is 3. The molecule has 22 heteroatoms. The molecule has 56 heavy (non-hydrogen) atoms. The van der Waals surface area contributed by atoms with Gasteiger partial charge in [-0.15, -0.1) is 0 Å². The molecule has 0 aliphatic heterocycles. The number of nitrogens with one attached hydrogen (secondary N) is 2. The molecule has 272 valence electrons. The van der Waals surface area contributed by atoms with E-state index in [0.717, 1.165) is 36.0 Å². The molecule has 0 spiro atoms. The van der Waals surface area contributed by atoms with Crippen LogP contribution in [0.3, 0.4) is 0 Å². The summed E-state index contributed by atoms with van der Waals surface area (Å²) in [6.45, 7) is 1.57. The first kappa shape index (κ1) is 49.4. The van der Waals surface area contributed by atoms with Crippen LogP contribution < -0.4 is 170 Å². The molecule has 0 saturated carbocycles. The standard InChI is InChI=1S/C34H27N5O11S3.3K/c1-19-13-28(38-39-33-32(53(47,48)49)15-20-14-22(11-12-24(20)34(33)40)35-21-7-4-3-5-8-21)29(50-2)18-27(19)37-36-23-16-26-25(31(17-23)52(44,45)46)9-6-10-30(26)51(41,42)43;;;/h3-18,35,38H,1-2H3,(H,41,42,43)(H,44,45,46)(H,47,48,49);;;/q;3*+1/p-3. The first-order valence-electron chi connectivity index (χ1n) is 15.1. The fourth-order valence-corrected chi connectivity index (χ4v) is 7.50. The predicted molar refractivity (Wildman–Crippen MR) is 191 cm³/mol. The molecule has 5 aromatic carbocycles. The van der Waals surface area contributed by atoms with E-state index < -0.39 is 56.5 Å². The molecule has 0 atom stereocenters. The van der Waals surface area contributed by atoms with Crippen LogP contribution in [0.2, 0.25) is 0 Å². The molecule has 0 aromatic heterocycles. The number of rotatable bonds is 10. The Labute approximate surface area is 449 Å². The quantitative estimate of drug-likeness (QED) is 0.0604. The fraction of sp³-hybridized carbons (Fsp3) is 0.0588. The van der Waals surface area contributed by atoms with Crippen LogP contribution in [0, 0.1) is 6.92 Å². The van der Waals surface area contributed by atoms with Gasteiger partial charge in [0.05, 0.1) is 38.9 Å². The molecule has 1 aliphatic rings. The molecular weight excluding hydrogens is 868 g/mol. The van der Waals surface area contributed by atoms with Gasteiger partial charge in [-0.1, -0.05) is 30.3 Å². The zero-order valence-electron chi connectivity index (χ0n) is 30.3. The van der Waals surface area contributed by atoms with E-state index in [2.05, 4.69) is 26.1 Å². The molecular formula is C34H24K3N5O11S3. The molecule has 0 radical (unpaired) electrons. The van der Waals surface area contributed by atoms with Crippen molar-refractivity contribution in [3.05, 3.63) is 113 Å². The molecule has 6 rings (SSSR count). The van der Waals surface area contributed by atoms with Gasteiger partial charge in [0.2, 0.25) is 5.78 Å². The van der Waals surface area contributed by atoms with E-state index >= 15 is 0 Å². The van der Waals surface area contributed by atoms with Gasteiger partial charge in [0.25, 0.3) is 0 Å². The molecule has 0 bridgehead atoms. The molecule has 0 fully saturated rings. The second-order valence-electron chi connectivity index (χ2n) is 11.4. The maximum Gasteiger partial charge on any atom is 1.00 e. The Balaban J connectivity index is 0.00000280. The van der Waals surface area contributed by atoms with E-state index in [-0.39, 0.29) is 199 Å². The minimum atomic E-state index is -5.20. The number of benzene rings is 5. The largest absolute Gasteiger partial charge is 1.00 e. The number of azo groups is 1. The van der Waals surface area contributed by atoms with Gasteiger partial charge in [-0.2, -0.15) is 15.3 Å². The summed E-state index contributed by atoms with van der Waals surface area (Å²) in [6.07, 6.45) is 1.06. The van der Waals surface area contributed by atoms with Crippen molar-refractivity contribution < 1.29 is 203 Å². The molecule has 2 N–H and O–H groups in total. The number of fused-ring (bicyclic) bond motifs is 2. The minimum Gasteiger partial charge on any atom is -0.744 e. The summed E-state index contributed by atoms with van der Waals surface area (Å²) in [5.41, 5.74) is 3.80. The maximum atomic E-state index is 13.5. The van der Waals surface area contributed by atoms with Crippen molar-refractivity contribution in [2.24, 2.45) is 15.3 Å². The summed E-state index contributed by atoms with van der Waals surface area (Å²) < 4.78 is 114. The second kappa shape index (κ2) is 20.1. The molecule has 16 nitrogen and oxygen atoms in total. The van der Waals surface area contributed by atoms with Crippen LogP contribution in [0.15, 0.2) is 121 Å². The summed E-state index contributed by atoms with van der Waals surface area (Å²) in [4.78, 5) is 11.1. The zero-order valence-corrected chi connectivity index (χ0v) is 42.1. The van der Waals surface area contributed by atoms with Crippen molar-refractivity contribution >= 4 is 87.1 Å². The smallest absolute Gasteiger partial charge is 0.744 e. The molecule has 0 unspecified atom stereocenters. The van der Waals surface area contributed by atoms with E-state index in [9.17, 15) is 43.7 Å². The minimum absolute atomic E-state index is 0. The number of carbonyl (C=O) groups excluding carboxylic acids is 1. The number of ketones is 1. The van der Waals surface area contributed by atoms with Gasteiger partial charge in [0.15, 0.2) is 0 Å². The monoisotopic (exact) mass is 891 g/mol. The van der Waals surface area contributed by atoms with Crippen LogP contribution in [-0.2, 0) is 30.4 Å². The van der Waals surface area contributed by atoms with E-state index in [1.54, 1.807) is 13.0 Å². The Bertz CT molecular complexity index is 2780. The molecule has 0 heterocycles. The van der Waals surface area contributed by atoms with Crippen molar-refractivity contribution in [3.63, 3.8) is 0 Å². The van der Waals surface area contributed by atoms with E-state index in [4.69, 9.17) is 4.74 Å². The number of hydrazone groups is 1. The first-order chi connectivity index (χ1) is 24.9. The number of hydrogen-bond donors (Lipinski definition) is 2. The number of carbonyl (C=O) groups is 1. The SMILES string of the molecule is COc1cc(N=Nc2cc(S(=O)(=O)[O-])c3cccc(S(=O)(=O)[O-])c3c2)c(C)cc1NN=C1C(=O)c2ccc(Nc3ccccc3)cc2C=C1S(=O)(=O)[O-].[K+].[K+].[K+]. The van der Waals surface area contributed by atoms with Gasteiger partial charge in [0, 0.05) is 33.8 Å². The van der Waals surface area contributed by atoms with Crippen LogP contribution in [0.1, 0.15) is 21.5 Å². The maximum absolute atomic E-state index is 13.5. The van der Waals surface area contributed by atoms with Crippen LogP contribution >= 0.6 is 0 Å². The Morgan fingerprint density at radius 2 is 1.36 bits per heavy atom. The van der Waals surface area contributed by atoms with Crippen LogP contribution in [0.5, 0.6) is 5.75 Å². The zero-order chi connectivity index (χ0) is 38.3. The third-order valence-corrected chi connectivity index (χ3v) is 10.5. The van der Waals surface area contributed by atoms with Crippen molar-refractivity contribution in [3.8, 4) is 5.75 Å². The van der Waals surface area contributed by atoms with Crippen molar-refractivity contribution in [2.75, 3.05) is 17.9 Å². The van der Waals surface area contributed by atoms with Crippen molar-refractivity contribution in [2.45, 2.75) is 16.7 Å². The number of methoxy groups -OCH3 is 1. The number of hydrogen-bond acceptors (Lipinski definition) is 16. The average Bonchev–Trinajstić information content (AvgIpc) is 3.09. The number of allylic oxidation sites excluding steroid dienone is 1. The Morgan fingerprint density at radius 3 is 1.98 bits per heavy atom. The average molecular weight is 892 g/mol. The summed E-state index contributed by atoms with van der Waals surface area (Å²) in [6, 6.07) is 21.7. The summed E-state index contributed by atoms with van der Waals surface area (Å²) in [7, 11) is -14.2. The van der Waals surface area contributed by atoms with Crippen LogP contribution in [0.4, 0.5) is 28.4 Å². The molecule has 0 amide bonds. The normalized spacial score (nSPS) is 13.6. The van der Waals surface area contributed by atoms with E-state index in [1.165, 1.54) is 37.4 Å². The van der Waals surface area contributed by atoms with Crippen LogP contribution in [-0.4, -0.2) is 57.5 Å². The number of anilines is 3. The molecule has 0 saturated heterocycles. The van der Waals surface area contributed by atoms with Crippen molar-refractivity contribution in [1.29, 1.82) is 0 Å². The Hall–Kier alpha value is -0.921. The number of aryl methyl sites for hydroxylation is 1. The third-order valence-electron chi connectivity index (χ3n) is 7.88. The van der Waals surface area contributed by atoms with Gasteiger partial charge in [-0.05, 0) is 78.7 Å². The number of Topliss-reactive ketones (excluding diaryl/α,β-unsaturated/α-hetero) is 1. The van der Waals surface area contributed by atoms with E-state index in [1.807, 2.05) is 30.3 Å².